The summed E-state index contributed by atoms with van der Waals surface area (Å²) >= 11 is 0. The van der Waals surface area contributed by atoms with Gasteiger partial charge in [-0.25, -0.2) is 9.59 Å². The van der Waals surface area contributed by atoms with Gasteiger partial charge in [0.2, 0.25) is 5.78 Å². The van der Waals surface area contributed by atoms with Gasteiger partial charge in [-0.3, -0.25) is 9.59 Å². The predicted molar refractivity (Wildman–Crippen MR) is 48.2 cm³/mol. The number of carbonyl (C=O) groups is 4. The van der Waals surface area contributed by atoms with Crippen molar-refractivity contribution in [3.8, 4) is 0 Å². The minimum Gasteiger partial charge on any atom is -0.478 e. The summed E-state index contributed by atoms with van der Waals surface area (Å²) in [5.74, 6) is -4.51. The Morgan fingerprint density at radius 2 is 1.53 bits per heavy atom. The topological polar surface area (TPSA) is 109 Å². The molecular weight excluding hydrogens is 204 g/mol. The molecule has 0 atom stereocenters. The van der Waals surface area contributed by atoms with Crippen molar-refractivity contribution >= 4 is 23.5 Å². The van der Waals surface area contributed by atoms with E-state index in [1.165, 1.54) is 0 Å². The number of carboxylic acids is 2. The van der Waals surface area contributed by atoms with Crippen LogP contribution in [-0.4, -0.2) is 33.7 Å². The van der Waals surface area contributed by atoms with E-state index in [2.05, 4.69) is 0 Å². The number of carboxylic acid groups (broad SMARTS) is 2. The third-order valence-electron chi connectivity index (χ3n) is 1.21. The van der Waals surface area contributed by atoms with E-state index < -0.39 is 29.9 Å². The predicted octanol–water partition coefficient (Wildman–Crippen LogP) is -0.204. The molecule has 0 fully saturated rings. The first-order valence-corrected chi connectivity index (χ1v) is 3.81. The van der Waals surface area contributed by atoms with Crippen molar-refractivity contribution < 1.29 is 29.4 Å². The van der Waals surface area contributed by atoms with Gasteiger partial charge in [-0.1, -0.05) is 6.08 Å². The standard InChI is InChI=1S/C9H8O6/c10-6(4-5-8(12)13)2-1-3-7(11)9(14)15/h1-2,4-5H,3H2,(H,12,13)(H,14,15). The van der Waals surface area contributed by atoms with Gasteiger partial charge in [0.05, 0.1) is 0 Å². The van der Waals surface area contributed by atoms with E-state index >= 15 is 0 Å². The molecule has 0 rings (SSSR count). The number of aliphatic carboxylic acids is 2. The Kier molecular flexibility index (Phi) is 5.32. The second-order valence-corrected chi connectivity index (χ2v) is 2.41. The van der Waals surface area contributed by atoms with Gasteiger partial charge in [-0.15, -0.1) is 0 Å². The molecule has 6 heteroatoms. The first kappa shape index (κ1) is 12.8. The van der Waals surface area contributed by atoms with Crippen LogP contribution >= 0.6 is 0 Å². The molecule has 0 bridgehead atoms. The summed E-state index contributed by atoms with van der Waals surface area (Å²) in [6.45, 7) is 0. The van der Waals surface area contributed by atoms with Crippen LogP contribution in [0.2, 0.25) is 0 Å². The van der Waals surface area contributed by atoms with Gasteiger partial charge in [0.25, 0.3) is 0 Å². The van der Waals surface area contributed by atoms with Crippen molar-refractivity contribution in [2.24, 2.45) is 0 Å². The zero-order chi connectivity index (χ0) is 11.8. The lowest BCUT2D eigenvalue weighted by Gasteiger charge is -1.86. The fourth-order valence-corrected chi connectivity index (χ4v) is 0.578. The van der Waals surface area contributed by atoms with Gasteiger partial charge in [-0.05, 0) is 12.2 Å². The molecule has 0 unspecified atom stereocenters. The van der Waals surface area contributed by atoms with E-state index in [1.807, 2.05) is 0 Å². The fraction of sp³-hybridized carbons (Fsp3) is 0.111. The molecule has 0 aliphatic heterocycles. The van der Waals surface area contributed by atoms with Crippen LogP contribution in [0.15, 0.2) is 24.3 Å². The van der Waals surface area contributed by atoms with Gasteiger partial charge in [0.1, 0.15) is 0 Å². The van der Waals surface area contributed by atoms with E-state index in [-0.39, 0.29) is 0 Å². The summed E-state index contributed by atoms with van der Waals surface area (Å²) < 4.78 is 0. The highest BCUT2D eigenvalue weighted by molar-refractivity contribution is 6.33. The first-order valence-electron chi connectivity index (χ1n) is 3.81. The van der Waals surface area contributed by atoms with Crippen molar-refractivity contribution in [2.75, 3.05) is 0 Å². The second-order valence-electron chi connectivity index (χ2n) is 2.41. The quantitative estimate of drug-likeness (QED) is 0.466. The van der Waals surface area contributed by atoms with Crippen molar-refractivity contribution in [3.63, 3.8) is 0 Å². The Balaban J connectivity index is 4.08. The fourth-order valence-electron chi connectivity index (χ4n) is 0.578. The van der Waals surface area contributed by atoms with Gasteiger partial charge in [0, 0.05) is 12.5 Å². The Hall–Kier alpha value is -2.24. The maximum absolute atomic E-state index is 10.8. The highest BCUT2D eigenvalue weighted by Gasteiger charge is 2.07. The molecule has 0 aliphatic rings. The van der Waals surface area contributed by atoms with E-state index in [9.17, 15) is 19.2 Å². The molecule has 15 heavy (non-hydrogen) atoms. The van der Waals surface area contributed by atoms with Crippen molar-refractivity contribution in [1.29, 1.82) is 0 Å². The van der Waals surface area contributed by atoms with Gasteiger partial charge in [0.15, 0.2) is 5.78 Å². The molecule has 0 amide bonds. The largest absolute Gasteiger partial charge is 0.478 e. The Morgan fingerprint density at radius 1 is 0.933 bits per heavy atom. The second kappa shape index (κ2) is 6.25. The molecule has 0 aromatic rings. The molecule has 0 aliphatic carbocycles. The lowest BCUT2D eigenvalue weighted by Crippen LogP contribution is -2.10. The molecule has 2 N–H and O–H groups in total. The number of carbonyl (C=O) groups excluding carboxylic acids is 2. The van der Waals surface area contributed by atoms with E-state index in [4.69, 9.17) is 10.2 Å². The van der Waals surface area contributed by atoms with Gasteiger partial charge in [-0.2, -0.15) is 0 Å². The van der Waals surface area contributed by atoms with Gasteiger partial charge < -0.3 is 10.2 Å². The third kappa shape index (κ3) is 6.88. The van der Waals surface area contributed by atoms with Crippen molar-refractivity contribution in [3.05, 3.63) is 24.3 Å². The van der Waals surface area contributed by atoms with E-state index in [1.54, 1.807) is 0 Å². The first-order chi connectivity index (χ1) is 6.93. The van der Waals surface area contributed by atoms with Gasteiger partial charge >= 0.3 is 11.9 Å². The number of hydrogen-bond donors (Lipinski definition) is 2. The molecule has 0 saturated heterocycles. The Morgan fingerprint density at radius 3 is 2.00 bits per heavy atom. The van der Waals surface area contributed by atoms with Crippen LogP contribution < -0.4 is 0 Å². The van der Waals surface area contributed by atoms with E-state index in [0.717, 1.165) is 18.2 Å². The molecule has 0 radical (unpaired) electrons. The lowest BCUT2D eigenvalue weighted by atomic mass is 10.2. The molecule has 0 aromatic heterocycles. The summed E-state index contributed by atoms with van der Waals surface area (Å²) in [5.41, 5.74) is 0. The monoisotopic (exact) mass is 212 g/mol. The number of rotatable bonds is 6. The molecule has 0 aromatic carbocycles. The summed E-state index contributed by atoms with van der Waals surface area (Å²) in [7, 11) is 0. The van der Waals surface area contributed by atoms with Crippen LogP contribution in [0.1, 0.15) is 6.42 Å². The zero-order valence-corrected chi connectivity index (χ0v) is 7.54. The molecule has 0 saturated carbocycles. The third-order valence-corrected chi connectivity index (χ3v) is 1.21. The summed E-state index contributed by atoms with van der Waals surface area (Å²) in [6.07, 6.45) is 3.03. The van der Waals surface area contributed by atoms with Crippen LogP contribution in [0, 0.1) is 0 Å². The smallest absolute Gasteiger partial charge is 0.372 e. The highest BCUT2D eigenvalue weighted by Crippen LogP contribution is 1.88. The average molecular weight is 212 g/mol. The van der Waals surface area contributed by atoms with Crippen LogP contribution in [0.4, 0.5) is 0 Å². The highest BCUT2D eigenvalue weighted by atomic mass is 16.4. The molecule has 80 valence electrons. The number of Topliss-reactive ketones (excluding diaryl/α,β-unsaturated/α-hetero) is 1. The molecule has 0 heterocycles. The Labute approximate surface area is 84.5 Å². The number of allylic oxidation sites excluding steroid dienone is 3. The number of hydrogen-bond acceptors (Lipinski definition) is 4. The van der Waals surface area contributed by atoms with Crippen molar-refractivity contribution in [2.45, 2.75) is 6.42 Å². The maximum Gasteiger partial charge on any atom is 0.372 e. The van der Waals surface area contributed by atoms with Crippen molar-refractivity contribution in [1.82, 2.24) is 0 Å². The van der Waals surface area contributed by atoms with Crippen LogP contribution in [0.5, 0.6) is 0 Å². The normalized spacial score (nSPS) is 10.7. The minimum atomic E-state index is -1.58. The average Bonchev–Trinajstić information content (AvgIpc) is 2.14. The molecular formula is C9H8O6. The lowest BCUT2D eigenvalue weighted by molar-refractivity contribution is -0.148. The maximum atomic E-state index is 10.8. The summed E-state index contributed by atoms with van der Waals surface area (Å²) in [4.78, 5) is 41.3. The van der Waals surface area contributed by atoms with Crippen LogP contribution in [0.25, 0.3) is 0 Å². The minimum absolute atomic E-state index is 0.401. The molecule has 6 nitrogen and oxygen atoms in total. The summed E-state index contributed by atoms with van der Waals surface area (Å²) in [6, 6.07) is 0. The van der Waals surface area contributed by atoms with Crippen LogP contribution in [0.3, 0.4) is 0 Å². The molecule has 0 spiro atoms. The zero-order valence-electron chi connectivity index (χ0n) is 7.54. The Bertz CT molecular complexity index is 350. The SMILES string of the molecule is O=C(O)C=CC(=O)C=CCC(=O)C(=O)O. The number of ketones is 2. The van der Waals surface area contributed by atoms with E-state index in [0.29, 0.717) is 6.08 Å². The van der Waals surface area contributed by atoms with Crippen LogP contribution in [-0.2, 0) is 19.2 Å². The summed E-state index contributed by atoms with van der Waals surface area (Å²) in [5, 5.41) is 16.3.